The molecule has 0 spiro atoms. The summed E-state index contributed by atoms with van der Waals surface area (Å²) in [4.78, 5) is 5.68. The highest BCUT2D eigenvalue weighted by atomic mass is 32.2. The van der Waals surface area contributed by atoms with Crippen LogP contribution in [0.25, 0.3) is 0 Å². The molecule has 1 aliphatic rings. The summed E-state index contributed by atoms with van der Waals surface area (Å²) < 4.78 is 61.8. The van der Waals surface area contributed by atoms with Crippen molar-refractivity contribution in [1.82, 2.24) is 4.98 Å². The van der Waals surface area contributed by atoms with Crippen molar-refractivity contribution in [3.8, 4) is 0 Å². The topological polar surface area (TPSA) is 62.3 Å². The van der Waals surface area contributed by atoms with Gasteiger partial charge in [0.05, 0.1) is 17.1 Å². The number of hydrogen-bond donors (Lipinski definition) is 1. The summed E-state index contributed by atoms with van der Waals surface area (Å²) in [5.41, 5.74) is -0.802. The van der Waals surface area contributed by atoms with Crippen LogP contribution in [0.3, 0.4) is 0 Å². The van der Waals surface area contributed by atoms with Crippen LogP contribution in [0.15, 0.2) is 12.1 Å². The van der Waals surface area contributed by atoms with Gasteiger partial charge in [0.2, 0.25) is 0 Å². The fourth-order valence-electron chi connectivity index (χ4n) is 2.14. The number of sulfone groups is 1. The van der Waals surface area contributed by atoms with Crippen molar-refractivity contribution >= 4 is 21.5 Å². The highest BCUT2D eigenvalue weighted by Crippen LogP contribution is 2.33. The predicted molar refractivity (Wildman–Crippen MR) is 74.3 cm³/mol. The van der Waals surface area contributed by atoms with Gasteiger partial charge in [0.25, 0.3) is 0 Å². The van der Waals surface area contributed by atoms with Crippen molar-refractivity contribution in [3.63, 3.8) is 0 Å². The minimum Gasteiger partial charge on any atom is -0.373 e. The van der Waals surface area contributed by atoms with Crippen molar-refractivity contribution < 1.29 is 21.6 Å². The first-order valence-corrected chi connectivity index (χ1v) is 8.26. The van der Waals surface area contributed by atoms with E-state index in [1.807, 2.05) is 0 Å². The van der Waals surface area contributed by atoms with Gasteiger partial charge in [-0.05, 0) is 18.6 Å². The summed E-state index contributed by atoms with van der Waals surface area (Å²) in [6, 6.07) is 1.89. The molecule has 0 aromatic carbocycles. The molecule has 5 nitrogen and oxygen atoms in total. The zero-order valence-electron chi connectivity index (χ0n) is 11.4. The van der Waals surface area contributed by atoms with E-state index in [9.17, 15) is 21.6 Å². The van der Waals surface area contributed by atoms with Gasteiger partial charge in [-0.15, -0.1) is 0 Å². The van der Waals surface area contributed by atoms with Crippen LogP contribution in [-0.2, 0) is 16.0 Å². The molecule has 118 valence electrons. The standard InChI is InChI=1S/C12H16F3N3O2S/c1-16-10-7-9(12(13,14)15)8-11(17-10)18-3-2-5-21(19,20)6-4-18/h7-8H,2-6H2,1H3,(H,16,17). The number of nitrogens with zero attached hydrogens (tertiary/aromatic N) is 2. The maximum Gasteiger partial charge on any atom is 0.416 e. The Bertz CT molecular complexity index is 617. The van der Waals surface area contributed by atoms with E-state index in [0.29, 0.717) is 13.0 Å². The van der Waals surface area contributed by atoms with Crippen molar-refractivity contribution in [2.75, 3.05) is 41.9 Å². The van der Waals surface area contributed by atoms with E-state index >= 15 is 0 Å². The minimum atomic E-state index is -4.47. The number of nitrogens with one attached hydrogen (secondary N) is 1. The van der Waals surface area contributed by atoms with E-state index < -0.39 is 21.6 Å². The molecule has 2 heterocycles. The van der Waals surface area contributed by atoms with Gasteiger partial charge < -0.3 is 10.2 Å². The molecule has 2 rings (SSSR count). The molecule has 0 bridgehead atoms. The zero-order valence-corrected chi connectivity index (χ0v) is 12.3. The number of halogens is 3. The molecule has 0 unspecified atom stereocenters. The molecule has 21 heavy (non-hydrogen) atoms. The average Bonchev–Trinajstić information content (AvgIpc) is 2.58. The number of hydrogen-bond acceptors (Lipinski definition) is 5. The van der Waals surface area contributed by atoms with Gasteiger partial charge in [0.1, 0.15) is 11.6 Å². The number of aromatic nitrogens is 1. The quantitative estimate of drug-likeness (QED) is 0.899. The van der Waals surface area contributed by atoms with E-state index in [-0.39, 0.29) is 29.7 Å². The fraction of sp³-hybridized carbons (Fsp3) is 0.583. The first-order valence-electron chi connectivity index (χ1n) is 6.44. The second kappa shape index (κ2) is 5.70. The summed E-state index contributed by atoms with van der Waals surface area (Å²) in [5.74, 6) is 0.236. The van der Waals surface area contributed by atoms with Crippen LogP contribution in [0, 0.1) is 0 Å². The first kappa shape index (κ1) is 15.9. The van der Waals surface area contributed by atoms with Crippen LogP contribution in [0.5, 0.6) is 0 Å². The third kappa shape index (κ3) is 3.99. The number of pyridine rings is 1. The first-order chi connectivity index (χ1) is 9.71. The Kier molecular flexibility index (Phi) is 4.31. The molecular formula is C12H16F3N3O2S. The van der Waals surface area contributed by atoms with Crippen LogP contribution in [-0.4, -0.2) is 45.0 Å². The Morgan fingerprint density at radius 1 is 1.24 bits per heavy atom. The molecule has 0 saturated carbocycles. The molecular weight excluding hydrogens is 307 g/mol. The van der Waals surface area contributed by atoms with Gasteiger partial charge in [-0.3, -0.25) is 0 Å². The van der Waals surface area contributed by atoms with Crippen molar-refractivity contribution in [1.29, 1.82) is 0 Å². The van der Waals surface area contributed by atoms with Crippen LogP contribution in [0.1, 0.15) is 12.0 Å². The van der Waals surface area contributed by atoms with Crippen molar-refractivity contribution in [2.24, 2.45) is 0 Å². The SMILES string of the molecule is CNc1cc(C(F)(F)F)cc(N2CCCS(=O)(=O)CC2)n1. The van der Waals surface area contributed by atoms with Gasteiger partial charge in [0.15, 0.2) is 9.84 Å². The van der Waals surface area contributed by atoms with E-state index in [4.69, 9.17) is 0 Å². The summed E-state index contributed by atoms with van der Waals surface area (Å²) >= 11 is 0. The number of rotatable bonds is 2. The molecule has 0 aliphatic carbocycles. The lowest BCUT2D eigenvalue weighted by atomic mass is 10.2. The molecule has 1 saturated heterocycles. The third-order valence-electron chi connectivity index (χ3n) is 3.27. The van der Waals surface area contributed by atoms with Gasteiger partial charge in [0, 0.05) is 20.1 Å². The van der Waals surface area contributed by atoms with E-state index in [1.165, 1.54) is 7.05 Å². The zero-order chi connectivity index (χ0) is 15.7. The Morgan fingerprint density at radius 2 is 1.95 bits per heavy atom. The van der Waals surface area contributed by atoms with Crippen LogP contribution in [0.4, 0.5) is 24.8 Å². The smallest absolute Gasteiger partial charge is 0.373 e. The highest BCUT2D eigenvalue weighted by Gasteiger charge is 2.32. The molecule has 0 amide bonds. The van der Waals surface area contributed by atoms with Crippen LogP contribution in [0.2, 0.25) is 0 Å². The van der Waals surface area contributed by atoms with E-state index in [2.05, 4.69) is 10.3 Å². The maximum atomic E-state index is 12.9. The van der Waals surface area contributed by atoms with Crippen molar-refractivity contribution in [3.05, 3.63) is 17.7 Å². The van der Waals surface area contributed by atoms with E-state index in [0.717, 1.165) is 12.1 Å². The summed E-state index contributed by atoms with van der Waals surface area (Å²) in [6.07, 6.45) is -4.09. The average molecular weight is 323 g/mol. The highest BCUT2D eigenvalue weighted by molar-refractivity contribution is 7.91. The second-order valence-electron chi connectivity index (χ2n) is 4.84. The number of alkyl halides is 3. The van der Waals surface area contributed by atoms with Crippen molar-refractivity contribution in [2.45, 2.75) is 12.6 Å². The Morgan fingerprint density at radius 3 is 2.57 bits per heavy atom. The molecule has 1 fully saturated rings. The monoisotopic (exact) mass is 323 g/mol. The Hall–Kier alpha value is -1.51. The van der Waals surface area contributed by atoms with E-state index in [1.54, 1.807) is 4.90 Å². The third-order valence-corrected chi connectivity index (χ3v) is 4.99. The number of anilines is 2. The normalized spacial score (nSPS) is 19.1. The molecule has 1 aromatic heterocycles. The van der Waals surface area contributed by atoms with Crippen LogP contribution >= 0.6 is 0 Å². The van der Waals surface area contributed by atoms with Gasteiger partial charge in [-0.1, -0.05) is 0 Å². The maximum absolute atomic E-state index is 12.9. The minimum absolute atomic E-state index is 0.0569. The summed E-state index contributed by atoms with van der Waals surface area (Å²) in [5, 5.41) is 2.59. The van der Waals surface area contributed by atoms with Gasteiger partial charge in [-0.2, -0.15) is 13.2 Å². The Labute approximate surface area is 121 Å². The largest absolute Gasteiger partial charge is 0.416 e. The molecule has 1 aliphatic heterocycles. The summed E-state index contributed by atoms with van der Waals surface area (Å²) in [6.45, 7) is 0.524. The lowest BCUT2D eigenvalue weighted by Crippen LogP contribution is -2.28. The molecule has 0 radical (unpaired) electrons. The molecule has 9 heteroatoms. The molecule has 0 atom stereocenters. The van der Waals surface area contributed by atoms with Gasteiger partial charge in [-0.25, -0.2) is 13.4 Å². The Balaban J connectivity index is 2.34. The molecule has 1 N–H and O–H groups in total. The van der Waals surface area contributed by atoms with Crippen LogP contribution < -0.4 is 10.2 Å². The fourth-order valence-corrected chi connectivity index (χ4v) is 3.41. The summed E-state index contributed by atoms with van der Waals surface area (Å²) in [7, 11) is -1.64. The predicted octanol–water partition coefficient (Wildman–Crippen LogP) is 1.77. The van der Waals surface area contributed by atoms with Gasteiger partial charge >= 0.3 is 6.18 Å². The molecule has 1 aromatic rings. The lowest BCUT2D eigenvalue weighted by molar-refractivity contribution is -0.137. The lowest BCUT2D eigenvalue weighted by Gasteiger charge is -2.22. The second-order valence-corrected chi connectivity index (χ2v) is 7.14.